The molecule has 0 bridgehead atoms. The maximum atomic E-state index is 13.8. The summed E-state index contributed by atoms with van der Waals surface area (Å²) in [5, 5.41) is 2.98. The standard InChI is InChI=1S/C30H29ClF2N6O3/c31-19-15-21(27(28(32)33)34-16-19)29(41)35-20-12-10-18(11-13-20)17-38-22-5-1-2-6-23(22)39(30(38)42)25-8-3-7-24(36-25)37-14-4-9-26(37)40/h1-3,5-8,15-16,18,20,28H,4,9-14,17H2,(H,35,41)/t18-,20-. The van der Waals surface area contributed by atoms with Crippen LogP contribution >= 0.6 is 11.6 Å². The molecule has 1 saturated heterocycles. The highest BCUT2D eigenvalue weighted by Gasteiger charge is 2.28. The molecule has 2 fully saturated rings. The number of nitrogens with one attached hydrogen (secondary N) is 1. The van der Waals surface area contributed by atoms with Gasteiger partial charge in [-0.25, -0.2) is 23.1 Å². The predicted molar refractivity (Wildman–Crippen MR) is 154 cm³/mol. The molecule has 1 N–H and O–H groups in total. The third kappa shape index (κ3) is 5.40. The zero-order valence-corrected chi connectivity index (χ0v) is 23.4. The number of carbonyl (C=O) groups excluding carboxylic acids is 2. The topological polar surface area (TPSA) is 102 Å². The van der Waals surface area contributed by atoms with E-state index in [4.69, 9.17) is 11.6 Å². The van der Waals surface area contributed by atoms with Gasteiger partial charge in [0, 0.05) is 31.7 Å². The molecule has 3 aromatic heterocycles. The van der Waals surface area contributed by atoms with Gasteiger partial charge in [0.2, 0.25) is 5.91 Å². The first kappa shape index (κ1) is 28.0. The Bertz CT molecular complexity index is 1710. The average Bonchev–Trinajstić information content (AvgIpc) is 3.54. The molecule has 218 valence electrons. The number of amides is 2. The van der Waals surface area contributed by atoms with Gasteiger partial charge >= 0.3 is 5.69 Å². The molecule has 0 atom stereocenters. The van der Waals surface area contributed by atoms with Gasteiger partial charge in [-0.1, -0.05) is 29.8 Å². The predicted octanol–water partition coefficient (Wildman–Crippen LogP) is 5.29. The largest absolute Gasteiger partial charge is 0.349 e. The van der Waals surface area contributed by atoms with Gasteiger partial charge < -0.3 is 5.32 Å². The molecular weight excluding hydrogens is 566 g/mol. The number of carbonyl (C=O) groups is 2. The SMILES string of the molecule is O=C(N[C@H]1CC[C@H](Cn2c(=O)n(-c3cccc(N4CCCC4=O)n3)c3ccccc32)CC1)c1cc(Cl)cnc1C(F)F. The summed E-state index contributed by atoms with van der Waals surface area (Å²) in [6.45, 7) is 1.10. The molecule has 9 nitrogen and oxygen atoms in total. The smallest absolute Gasteiger partial charge is 0.334 e. The Balaban J connectivity index is 1.18. The number of alkyl halides is 2. The van der Waals surface area contributed by atoms with Crippen LogP contribution in [-0.2, 0) is 11.3 Å². The van der Waals surface area contributed by atoms with Crippen LogP contribution in [0.2, 0.25) is 5.02 Å². The number of anilines is 1. The summed E-state index contributed by atoms with van der Waals surface area (Å²) >= 11 is 5.91. The molecule has 1 saturated carbocycles. The number of benzene rings is 1. The Kier molecular flexibility index (Phi) is 7.76. The zero-order valence-electron chi connectivity index (χ0n) is 22.7. The first-order valence-corrected chi connectivity index (χ1v) is 14.4. The summed E-state index contributed by atoms with van der Waals surface area (Å²) in [6, 6.07) is 13.9. The van der Waals surface area contributed by atoms with Crippen molar-refractivity contribution >= 4 is 40.3 Å². The van der Waals surface area contributed by atoms with Gasteiger partial charge in [-0.15, -0.1) is 0 Å². The Labute approximate surface area is 245 Å². The van der Waals surface area contributed by atoms with E-state index in [1.54, 1.807) is 32.2 Å². The lowest BCUT2D eigenvalue weighted by atomic mass is 9.85. The van der Waals surface area contributed by atoms with Gasteiger partial charge in [0.15, 0.2) is 0 Å². The maximum Gasteiger partial charge on any atom is 0.334 e. The Morgan fingerprint density at radius 3 is 2.48 bits per heavy atom. The second-order valence-corrected chi connectivity index (χ2v) is 11.2. The van der Waals surface area contributed by atoms with E-state index in [1.165, 1.54) is 6.07 Å². The lowest BCUT2D eigenvalue weighted by Crippen LogP contribution is -2.39. The monoisotopic (exact) mass is 594 g/mol. The van der Waals surface area contributed by atoms with Gasteiger partial charge in [0.1, 0.15) is 17.3 Å². The first-order chi connectivity index (χ1) is 20.3. The Hall–Kier alpha value is -4.12. The quantitative estimate of drug-likeness (QED) is 0.313. The van der Waals surface area contributed by atoms with E-state index in [2.05, 4.69) is 15.3 Å². The number of hydrogen-bond donors (Lipinski definition) is 1. The zero-order chi connectivity index (χ0) is 29.4. The molecule has 2 amide bonds. The summed E-state index contributed by atoms with van der Waals surface area (Å²) in [4.78, 5) is 48.9. The summed E-state index contributed by atoms with van der Waals surface area (Å²) in [6.07, 6.45) is 2.28. The lowest BCUT2D eigenvalue weighted by Gasteiger charge is -2.29. The average molecular weight is 595 g/mol. The first-order valence-electron chi connectivity index (χ1n) is 14.0. The van der Waals surface area contributed by atoms with Crippen molar-refractivity contribution in [3.63, 3.8) is 0 Å². The van der Waals surface area contributed by atoms with Gasteiger partial charge in [0.05, 0.1) is 21.6 Å². The molecule has 1 aliphatic heterocycles. The molecule has 0 spiro atoms. The molecule has 12 heteroatoms. The van der Waals surface area contributed by atoms with Crippen LogP contribution in [0, 0.1) is 5.92 Å². The van der Waals surface area contributed by atoms with Crippen molar-refractivity contribution in [2.24, 2.45) is 5.92 Å². The third-order valence-electron chi connectivity index (χ3n) is 8.09. The molecule has 0 radical (unpaired) electrons. The summed E-state index contributed by atoms with van der Waals surface area (Å²) in [5.74, 6) is 0.583. The van der Waals surface area contributed by atoms with Crippen molar-refractivity contribution in [2.45, 2.75) is 57.5 Å². The van der Waals surface area contributed by atoms with Crippen LogP contribution in [0.1, 0.15) is 61.0 Å². The minimum Gasteiger partial charge on any atom is -0.349 e. The van der Waals surface area contributed by atoms with E-state index in [1.807, 2.05) is 24.3 Å². The number of pyridine rings is 2. The molecule has 0 unspecified atom stereocenters. The minimum atomic E-state index is -2.89. The van der Waals surface area contributed by atoms with E-state index in [-0.39, 0.29) is 34.1 Å². The molecule has 1 aromatic carbocycles. The van der Waals surface area contributed by atoms with E-state index in [0.717, 1.165) is 36.5 Å². The number of nitrogens with zero attached hydrogens (tertiary/aromatic N) is 5. The van der Waals surface area contributed by atoms with Crippen LogP contribution in [0.5, 0.6) is 0 Å². The fourth-order valence-electron chi connectivity index (χ4n) is 6.00. The Morgan fingerprint density at radius 2 is 1.76 bits per heavy atom. The van der Waals surface area contributed by atoms with Crippen molar-refractivity contribution < 1.29 is 18.4 Å². The highest BCUT2D eigenvalue weighted by Crippen LogP contribution is 2.29. The highest BCUT2D eigenvalue weighted by atomic mass is 35.5. The lowest BCUT2D eigenvalue weighted by molar-refractivity contribution is -0.117. The second-order valence-electron chi connectivity index (χ2n) is 10.8. The van der Waals surface area contributed by atoms with Gasteiger partial charge in [-0.05, 0) is 68.4 Å². The number of hydrogen-bond acceptors (Lipinski definition) is 5. The van der Waals surface area contributed by atoms with Crippen LogP contribution in [0.4, 0.5) is 14.6 Å². The van der Waals surface area contributed by atoms with Crippen molar-refractivity contribution in [3.8, 4) is 5.82 Å². The second kappa shape index (κ2) is 11.6. The van der Waals surface area contributed by atoms with Gasteiger partial charge in [0.25, 0.3) is 12.3 Å². The molecule has 42 heavy (non-hydrogen) atoms. The Morgan fingerprint density at radius 1 is 1.02 bits per heavy atom. The van der Waals surface area contributed by atoms with Crippen molar-refractivity contribution in [1.82, 2.24) is 24.4 Å². The van der Waals surface area contributed by atoms with Crippen LogP contribution in [0.25, 0.3) is 16.9 Å². The number of imidazole rings is 1. The summed E-state index contributed by atoms with van der Waals surface area (Å²) < 4.78 is 30.1. The van der Waals surface area contributed by atoms with E-state index < -0.39 is 18.0 Å². The molecular formula is C30H29ClF2N6O3. The van der Waals surface area contributed by atoms with Crippen molar-refractivity contribution in [1.29, 1.82) is 0 Å². The molecule has 1 aliphatic carbocycles. The summed E-state index contributed by atoms with van der Waals surface area (Å²) in [7, 11) is 0. The van der Waals surface area contributed by atoms with Crippen molar-refractivity contribution in [3.05, 3.63) is 81.5 Å². The van der Waals surface area contributed by atoms with Gasteiger partial charge in [-0.3, -0.25) is 24.0 Å². The number of rotatable bonds is 7. The van der Waals surface area contributed by atoms with E-state index in [9.17, 15) is 23.2 Å². The molecule has 4 aromatic rings. The fraction of sp³-hybridized carbons (Fsp3) is 0.367. The molecule has 6 rings (SSSR count). The maximum absolute atomic E-state index is 13.8. The van der Waals surface area contributed by atoms with Crippen LogP contribution < -0.4 is 15.9 Å². The normalized spacial score (nSPS) is 19.1. The van der Waals surface area contributed by atoms with Crippen LogP contribution in [-0.4, -0.2) is 43.5 Å². The van der Waals surface area contributed by atoms with E-state index >= 15 is 0 Å². The van der Waals surface area contributed by atoms with Crippen LogP contribution in [0.15, 0.2) is 59.5 Å². The highest BCUT2D eigenvalue weighted by molar-refractivity contribution is 6.30. The molecule has 4 heterocycles. The third-order valence-corrected chi connectivity index (χ3v) is 8.30. The van der Waals surface area contributed by atoms with Crippen molar-refractivity contribution in [2.75, 3.05) is 11.4 Å². The van der Waals surface area contributed by atoms with E-state index in [0.29, 0.717) is 44.0 Å². The molecule has 2 aliphatic rings. The minimum absolute atomic E-state index is 0.0277. The van der Waals surface area contributed by atoms with Crippen LogP contribution in [0.3, 0.4) is 0 Å². The number of para-hydroxylation sites is 2. The fourth-order valence-corrected chi connectivity index (χ4v) is 6.16. The summed E-state index contributed by atoms with van der Waals surface area (Å²) in [5.41, 5.74) is 0.498. The van der Waals surface area contributed by atoms with Gasteiger partial charge in [-0.2, -0.15) is 0 Å². The number of halogens is 3. The number of fused-ring (bicyclic) bond motifs is 1. The number of aromatic nitrogens is 4.